The number of carbonyl (C=O) groups excluding carboxylic acids is 1. The quantitative estimate of drug-likeness (QED) is 0.521. The second kappa shape index (κ2) is 5.71. The molecule has 2 saturated heterocycles. The number of halogens is 3. The maximum Gasteiger partial charge on any atom is 1.00 e. The smallest absolute Gasteiger partial charge is 0.448 e. The summed E-state index contributed by atoms with van der Waals surface area (Å²) in [6.45, 7) is -3.55. The summed E-state index contributed by atoms with van der Waals surface area (Å²) in [4.78, 5) is 14.4. The first-order valence-corrected chi connectivity index (χ1v) is 5.18. The number of fused-ring (bicyclic) bond motifs is 1. The minimum atomic E-state index is -4.74. The van der Waals surface area contributed by atoms with Crippen LogP contribution in [0.2, 0.25) is 0 Å². The molecular weight excluding hydrogens is 247 g/mol. The molecule has 0 aromatic carbocycles. The van der Waals surface area contributed by atoms with E-state index >= 15 is 0 Å². The number of carbonyl (C=O) groups is 1. The third-order valence-corrected chi connectivity index (χ3v) is 3.04. The van der Waals surface area contributed by atoms with Gasteiger partial charge in [0.05, 0.1) is 0 Å². The Bertz CT molecular complexity index is 276. The van der Waals surface area contributed by atoms with Gasteiger partial charge in [0.2, 0.25) is 5.91 Å². The topological polar surface area (TPSA) is 23.6 Å². The first-order valence-electron chi connectivity index (χ1n) is 5.18. The van der Waals surface area contributed by atoms with Crippen LogP contribution in [0.4, 0.5) is 12.9 Å². The molecule has 1 atom stereocenters. The molecule has 0 spiro atoms. The number of nitrogens with zero attached hydrogens (tertiary/aromatic N) is 2. The van der Waals surface area contributed by atoms with Crippen LogP contribution in [-0.4, -0.2) is 54.8 Å². The molecule has 0 aromatic rings. The van der Waals surface area contributed by atoms with Crippen molar-refractivity contribution in [2.45, 2.75) is 18.9 Å². The summed E-state index contributed by atoms with van der Waals surface area (Å²) >= 11 is 0. The van der Waals surface area contributed by atoms with Crippen LogP contribution in [0.3, 0.4) is 0 Å². The molecule has 2 aliphatic rings. The van der Waals surface area contributed by atoms with Crippen LogP contribution < -0.4 is 51.4 Å². The summed E-state index contributed by atoms with van der Waals surface area (Å²) < 4.78 is 36.6. The van der Waals surface area contributed by atoms with Crippen molar-refractivity contribution in [3.8, 4) is 0 Å². The zero-order valence-electron chi connectivity index (χ0n) is 9.33. The van der Waals surface area contributed by atoms with Gasteiger partial charge in [-0.3, -0.25) is 4.79 Å². The number of hydrogen-bond acceptors (Lipinski definition) is 2. The fraction of sp³-hybridized carbons (Fsp3) is 0.875. The predicted molar refractivity (Wildman–Crippen MR) is 50.3 cm³/mol. The van der Waals surface area contributed by atoms with Gasteiger partial charge in [-0.05, 0) is 12.9 Å². The van der Waals surface area contributed by atoms with Gasteiger partial charge in [-0.2, -0.15) is 0 Å². The van der Waals surface area contributed by atoms with Crippen LogP contribution in [-0.2, 0) is 4.79 Å². The average molecular weight is 260 g/mol. The molecule has 1 amide bonds. The Kier molecular flexibility index (Phi) is 5.34. The molecule has 0 aliphatic carbocycles. The van der Waals surface area contributed by atoms with Crippen molar-refractivity contribution < 1.29 is 69.1 Å². The van der Waals surface area contributed by atoms with E-state index in [1.807, 2.05) is 0 Å². The molecular formula is C8H13BF3KN2O. The van der Waals surface area contributed by atoms with Crippen molar-refractivity contribution in [1.29, 1.82) is 0 Å². The van der Waals surface area contributed by atoms with Crippen molar-refractivity contribution in [3.63, 3.8) is 0 Å². The van der Waals surface area contributed by atoms with Gasteiger partial charge in [-0.25, -0.2) is 0 Å². The van der Waals surface area contributed by atoms with Crippen LogP contribution in [0.25, 0.3) is 0 Å². The minimum absolute atomic E-state index is 0. The molecule has 86 valence electrons. The first kappa shape index (κ1) is 15.0. The molecule has 0 N–H and O–H groups in total. The van der Waals surface area contributed by atoms with Crippen LogP contribution in [0.5, 0.6) is 0 Å². The summed E-state index contributed by atoms with van der Waals surface area (Å²) in [5, 5.41) is 0. The maximum atomic E-state index is 12.2. The summed E-state index contributed by atoms with van der Waals surface area (Å²) in [7, 11) is 0. The SMILES string of the molecule is O=C1CCC2CN(C[B-](F)(F)F)CCN12.[K+]. The minimum Gasteiger partial charge on any atom is -0.448 e. The fourth-order valence-corrected chi connectivity index (χ4v) is 2.39. The molecule has 3 nitrogen and oxygen atoms in total. The van der Waals surface area contributed by atoms with Gasteiger partial charge in [-0.15, -0.1) is 0 Å². The molecule has 0 saturated carbocycles. The molecule has 2 fully saturated rings. The molecule has 0 radical (unpaired) electrons. The Morgan fingerprint density at radius 2 is 2.00 bits per heavy atom. The van der Waals surface area contributed by atoms with E-state index in [1.54, 1.807) is 4.90 Å². The third kappa shape index (κ3) is 3.71. The van der Waals surface area contributed by atoms with Gasteiger partial charge < -0.3 is 22.7 Å². The van der Waals surface area contributed by atoms with E-state index < -0.39 is 13.4 Å². The third-order valence-electron chi connectivity index (χ3n) is 3.04. The number of hydrogen-bond donors (Lipinski definition) is 0. The van der Waals surface area contributed by atoms with E-state index in [0.717, 1.165) is 0 Å². The van der Waals surface area contributed by atoms with Gasteiger partial charge in [0.25, 0.3) is 0 Å². The second-order valence-electron chi connectivity index (χ2n) is 4.25. The van der Waals surface area contributed by atoms with Crippen molar-refractivity contribution in [1.82, 2.24) is 9.80 Å². The Hall–Kier alpha value is 0.921. The molecule has 2 heterocycles. The summed E-state index contributed by atoms with van der Waals surface area (Å²) in [6.07, 6.45) is 0.411. The van der Waals surface area contributed by atoms with Gasteiger partial charge in [0.1, 0.15) is 0 Å². The van der Waals surface area contributed by atoms with E-state index in [0.29, 0.717) is 32.5 Å². The zero-order chi connectivity index (χ0) is 11.1. The normalized spacial score (nSPS) is 26.6. The number of amides is 1. The first-order chi connectivity index (χ1) is 6.96. The van der Waals surface area contributed by atoms with E-state index in [9.17, 15) is 17.7 Å². The summed E-state index contributed by atoms with van der Waals surface area (Å²) in [5.74, 6) is 0.0946. The van der Waals surface area contributed by atoms with E-state index in [1.165, 1.54) is 4.90 Å². The largest absolute Gasteiger partial charge is 1.00 e. The van der Waals surface area contributed by atoms with Crippen molar-refractivity contribution in [2.24, 2.45) is 0 Å². The van der Waals surface area contributed by atoms with Gasteiger partial charge >= 0.3 is 58.4 Å². The average Bonchev–Trinajstić information content (AvgIpc) is 2.45. The van der Waals surface area contributed by atoms with E-state index in [4.69, 9.17) is 0 Å². The molecule has 0 bridgehead atoms. The summed E-state index contributed by atoms with van der Waals surface area (Å²) in [6, 6.07) is 0.0180. The van der Waals surface area contributed by atoms with Crippen LogP contribution in [0.15, 0.2) is 0 Å². The molecule has 2 rings (SSSR count). The van der Waals surface area contributed by atoms with E-state index in [-0.39, 0.29) is 63.3 Å². The second-order valence-corrected chi connectivity index (χ2v) is 4.25. The number of piperazine rings is 1. The van der Waals surface area contributed by atoms with Gasteiger partial charge in [0, 0.05) is 32.1 Å². The molecule has 1 unspecified atom stereocenters. The van der Waals surface area contributed by atoms with Crippen molar-refractivity contribution >= 4 is 12.9 Å². The van der Waals surface area contributed by atoms with Crippen molar-refractivity contribution in [2.75, 3.05) is 26.1 Å². The molecule has 8 heteroatoms. The molecule has 2 aliphatic heterocycles. The predicted octanol–water partition coefficient (Wildman–Crippen LogP) is -2.32. The summed E-state index contributed by atoms with van der Waals surface area (Å²) in [5.41, 5.74) is 0. The standard InChI is InChI=1S/C8H13BF3N2O.K/c10-9(11,12)6-13-3-4-14-7(5-13)1-2-8(14)15;/h7H,1-6H2;/q-1;+1. The van der Waals surface area contributed by atoms with E-state index in [2.05, 4.69) is 0 Å². The molecule has 0 aromatic heterocycles. The number of rotatable bonds is 2. The fourth-order valence-electron chi connectivity index (χ4n) is 2.39. The maximum absolute atomic E-state index is 12.2. The van der Waals surface area contributed by atoms with Crippen LogP contribution in [0.1, 0.15) is 12.8 Å². The Morgan fingerprint density at radius 3 is 2.62 bits per heavy atom. The monoisotopic (exact) mass is 260 g/mol. The Morgan fingerprint density at radius 1 is 1.31 bits per heavy atom. The Labute approximate surface area is 135 Å². The van der Waals surface area contributed by atoms with Crippen LogP contribution in [0, 0.1) is 0 Å². The Balaban J connectivity index is 0.00000128. The van der Waals surface area contributed by atoms with Gasteiger partial charge in [-0.1, -0.05) is 0 Å². The van der Waals surface area contributed by atoms with Crippen molar-refractivity contribution in [3.05, 3.63) is 0 Å². The molecule has 16 heavy (non-hydrogen) atoms. The van der Waals surface area contributed by atoms with Crippen LogP contribution >= 0.6 is 0 Å². The zero-order valence-corrected chi connectivity index (χ0v) is 12.5. The van der Waals surface area contributed by atoms with Gasteiger partial charge in [0.15, 0.2) is 0 Å².